The van der Waals surface area contributed by atoms with E-state index in [0.29, 0.717) is 27.5 Å². The van der Waals surface area contributed by atoms with Gasteiger partial charge in [-0.3, -0.25) is 4.79 Å². The molecule has 7 heteroatoms. The summed E-state index contributed by atoms with van der Waals surface area (Å²) in [7, 11) is 1.28. The fourth-order valence-corrected chi connectivity index (χ4v) is 2.15. The molecular weight excluding hydrogens is 330 g/mol. The Labute approximate surface area is 144 Å². The molecule has 0 radical (unpaired) electrons. The van der Waals surface area contributed by atoms with Crippen LogP contribution in [0.15, 0.2) is 42.5 Å². The van der Waals surface area contributed by atoms with E-state index in [2.05, 4.69) is 15.4 Å². The number of para-hydroxylation sites is 1. The van der Waals surface area contributed by atoms with Crippen molar-refractivity contribution in [3.05, 3.63) is 58.6 Å². The number of methoxy groups -OCH3 is 1. The van der Waals surface area contributed by atoms with Crippen LogP contribution in [0.25, 0.3) is 0 Å². The summed E-state index contributed by atoms with van der Waals surface area (Å²) >= 11 is 6.05. The van der Waals surface area contributed by atoms with E-state index in [-0.39, 0.29) is 12.5 Å². The minimum Gasteiger partial charge on any atom is -0.465 e. The second-order valence-corrected chi connectivity index (χ2v) is 5.15. The van der Waals surface area contributed by atoms with Gasteiger partial charge in [0.2, 0.25) is 5.91 Å². The number of hydrogen-bond donors (Lipinski definition) is 2. The third kappa shape index (κ3) is 4.24. The number of rotatable bonds is 5. The third-order valence-electron chi connectivity index (χ3n) is 3.15. The molecule has 0 saturated heterocycles. The molecule has 0 atom stereocenters. The van der Waals surface area contributed by atoms with Crippen LogP contribution in [0.2, 0.25) is 5.02 Å². The van der Waals surface area contributed by atoms with Crippen molar-refractivity contribution in [1.29, 1.82) is 5.26 Å². The molecule has 24 heavy (non-hydrogen) atoms. The fraction of sp³-hybridized carbons (Fsp3) is 0.118. The smallest absolute Gasteiger partial charge is 0.337 e. The molecule has 0 heterocycles. The first-order chi connectivity index (χ1) is 11.5. The van der Waals surface area contributed by atoms with Gasteiger partial charge in [0, 0.05) is 0 Å². The highest BCUT2D eigenvalue weighted by molar-refractivity contribution is 6.33. The maximum Gasteiger partial charge on any atom is 0.337 e. The molecule has 2 N–H and O–H groups in total. The molecule has 1 amide bonds. The first kappa shape index (κ1) is 17.3. The summed E-state index contributed by atoms with van der Waals surface area (Å²) in [6.45, 7) is -0.0793. The van der Waals surface area contributed by atoms with Gasteiger partial charge in [0.25, 0.3) is 0 Å². The maximum atomic E-state index is 12.0. The highest BCUT2D eigenvalue weighted by Gasteiger charge is 2.11. The van der Waals surface area contributed by atoms with E-state index in [9.17, 15) is 9.59 Å². The standard InChI is InChI=1S/C17H14ClN3O3/c1-24-17(23)11-6-7-13(18)15(8-11)20-10-16(22)21-14-5-3-2-4-12(14)9-19/h2-8,20H,10H2,1H3,(H,21,22). The molecule has 0 aliphatic rings. The average molecular weight is 344 g/mol. The number of carbonyl (C=O) groups excluding carboxylic acids is 2. The van der Waals surface area contributed by atoms with E-state index >= 15 is 0 Å². The van der Waals surface area contributed by atoms with Gasteiger partial charge in [-0.15, -0.1) is 0 Å². The molecule has 2 aromatic rings. The van der Waals surface area contributed by atoms with E-state index in [1.807, 2.05) is 6.07 Å². The lowest BCUT2D eigenvalue weighted by molar-refractivity contribution is -0.114. The first-order valence-electron chi connectivity index (χ1n) is 6.96. The van der Waals surface area contributed by atoms with Crippen molar-refractivity contribution in [2.75, 3.05) is 24.3 Å². The lowest BCUT2D eigenvalue weighted by atomic mass is 10.2. The number of esters is 1. The largest absolute Gasteiger partial charge is 0.465 e. The van der Waals surface area contributed by atoms with E-state index in [1.165, 1.54) is 19.2 Å². The third-order valence-corrected chi connectivity index (χ3v) is 3.48. The molecule has 0 unspecified atom stereocenters. The van der Waals surface area contributed by atoms with Gasteiger partial charge in [-0.1, -0.05) is 23.7 Å². The Bertz CT molecular complexity index is 815. The molecule has 2 aromatic carbocycles. The van der Waals surface area contributed by atoms with Crippen molar-refractivity contribution < 1.29 is 14.3 Å². The van der Waals surface area contributed by atoms with Crippen LogP contribution in [0.1, 0.15) is 15.9 Å². The van der Waals surface area contributed by atoms with Gasteiger partial charge >= 0.3 is 5.97 Å². The molecule has 0 aliphatic heterocycles. The van der Waals surface area contributed by atoms with Gasteiger partial charge in [-0.2, -0.15) is 5.26 Å². The number of nitrogens with zero attached hydrogens (tertiary/aromatic N) is 1. The summed E-state index contributed by atoms with van der Waals surface area (Å²) in [5.74, 6) is -0.848. The summed E-state index contributed by atoms with van der Waals surface area (Å²) < 4.78 is 4.64. The summed E-state index contributed by atoms with van der Waals surface area (Å²) in [4.78, 5) is 23.5. The van der Waals surface area contributed by atoms with Crippen molar-refractivity contribution in [1.82, 2.24) is 0 Å². The molecule has 122 valence electrons. The Morgan fingerprint density at radius 2 is 1.96 bits per heavy atom. The lowest BCUT2D eigenvalue weighted by Gasteiger charge is -2.11. The number of ether oxygens (including phenoxy) is 1. The van der Waals surface area contributed by atoms with E-state index < -0.39 is 5.97 Å². The minimum absolute atomic E-state index is 0.0793. The number of anilines is 2. The van der Waals surface area contributed by atoms with E-state index in [4.69, 9.17) is 16.9 Å². The topological polar surface area (TPSA) is 91.2 Å². The van der Waals surface area contributed by atoms with Crippen molar-refractivity contribution in [3.63, 3.8) is 0 Å². The number of nitriles is 1. The quantitative estimate of drug-likeness (QED) is 0.814. The van der Waals surface area contributed by atoms with Gasteiger partial charge in [-0.05, 0) is 30.3 Å². The maximum absolute atomic E-state index is 12.0. The lowest BCUT2D eigenvalue weighted by Crippen LogP contribution is -2.22. The van der Waals surface area contributed by atoms with Crippen LogP contribution < -0.4 is 10.6 Å². The summed E-state index contributed by atoms with van der Waals surface area (Å²) in [6.07, 6.45) is 0. The average Bonchev–Trinajstić information content (AvgIpc) is 2.60. The number of carbonyl (C=O) groups is 2. The summed E-state index contributed by atoms with van der Waals surface area (Å²) in [5, 5.41) is 14.9. The van der Waals surface area contributed by atoms with Gasteiger partial charge in [0.15, 0.2) is 0 Å². The number of halogens is 1. The Morgan fingerprint density at radius 1 is 1.21 bits per heavy atom. The number of amides is 1. The minimum atomic E-state index is -0.498. The number of benzene rings is 2. The van der Waals surface area contributed by atoms with Crippen LogP contribution in [0.4, 0.5) is 11.4 Å². The SMILES string of the molecule is COC(=O)c1ccc(Cl)c(NCC(=O)Nc2ccccc2C#N)c1. The highest BCUT2D eigenvalue weighted by atomic mass is 35.5. The van der Waals surface area contributed by atoms with Crippen molar-refractivity contribution >= 4 is 34.9 Å². The van der Waals surface area contributed by atoms with Gasteiger partial charge in [0.1, 0.15) is 6.07 Å². The molecule has 0 bridgehead atoms. The molecule has 0 aromatic heterocycles. The normalized spacial score (nSPS) is 9.71. The van der Waals surface area contributed by atoms with Crippen LogP contribution in [0, 0.1) is 11.3 Å². The Balaban J connectivity index is 2.04. The summed E-state index contributed by atoms with van der Waals surface area (Å²) in [6, 6.07) is 13.3. The predicted molar refractivity (Wildman–Crippen MR) is 91.1 cm³/mol. The highest BCUT2D eigenvalue weighted by Crippen LogP contribution is 2.23. The van der Waals surface area contributed by atoms with Crippen molar-refractivity contribution in [3.8, 4) is 6.07 Å². The number of nitrogens with one attached hydrogen (secondary N) is 2. The molecule has 6 nitrogen and oxygen atoms in total. The van der Waals surface area contributed by atoms with E-state index in [0.717, 1.165) is 0 Å². The molecule has 0 aliphatic carbocycles. The Hall–Kier alpha value is -3.04. The Morgan fingerprint density at radius 3 is 2.67 bits per heavy atom. The van der Waals surface area contributed by atoms with Gasteiger partial charge < -0.3 is 15.4 Å². The monoisotopic (exact) mass is 343 g/mol. The first-order valence-corrected chi connectivity index (χ1v) is 7.33. The van der Waals surface area contributed by atoms with Gasteiger partial charge in [-0.25, -0.2) is 4.79 Å². The van der Waals surface area contributed by atoms with Crippen LogP contribution in [-0.2, 0) is 9.53 Å². The van der Waals surface area contributed by atoms with Crippen LogP contribution in [0.5, 0.6) is 0 Å². The van der Waals surface area contributed by atoms with E-state index in [1.54, 1.807) is 30.3 Å². The zero-order chi connectivity index (χ0) is 17.5. The van der Waals surface area contributed by atoms with Crippen LogP contribution in [-0.4, -0.2) is 25.5 Å². The van der Waals surface area contributed by atoms with Crippen LogP contribution in [0.3, 0.4) is 0 Å². The van der Waals surface area contributed by atoms with Crippen molar-refractivity contribution in [2.45, 2.75) is 0 Å². The fourth-order valence-electron chi connectivity index (χ4n) is 1.97. The second-order valence-electron chi connectivity index (χ2n) is 4.75. The molecule has 0 saturated carbocycles. The van der Waals surface area contributed by atoms with Crippen LogP contribution >= 0.6 is 11.6 Å². The predicted octanol–water partition coefficient (Wildman–Crippen LogP) is 3.05. The molecular formula is C17H14ClN3O3. The zero-order valence-corrected chi connectivity index (χ0v) is 13.6. The van der Waals surface area contributed by atoms with Gasteiger partial charge in [0.05, 0.1) is 41.2 Å². The second kappa shape index (κ2) is 7.99. The molecule has 0 fully saturated rings. The Kier molecular flexibility index (Phi) is 5.77. The number of hydrogen-bond acceptors (Lipinski definition) is 5. The van der Waals surface area contributed by atoms with Crippen molar-refractivity contribution in [2.24, 2.45) is 0 Å². The molecule has 2 rings (SSSR count). The summed E-state index contributed by atoms with van der Waals surface area (Å²) in [5.41, 5.74) is 1.56. The zero-order valence-electron chi connectivity index (χ0n) is 12.8. The molecule has 0 spiro atoms.